The number of carbonyl (C=O) groups excluding carboxylic acids is 1. The molecule has 0 spiro atoms. The Kier molecular flexibility index (Phi) is 5.13. The molecule has 2 heterocycles. The summed E-state index contributed by atoms with van der Waals surface area (Å²) in [5, 5.41) is 16.0. The van der Waals surface area contributed by atoms with Gasteiger partial charge in [0.25, 0.3) is 0 Å². The highest BCUT2D eigenvalue weighted by Gasteiger charge is 2.11. The summed E-state index contributed by atoms with van der Waals surface area (Å²) in [6.07, 6.45) is 0.828. The summed E-state index contributed by atoms with van der Waals surface area (Å²) >= 11 is 2.93. The van der Waals surface area contributed by atoms with E-state index < -0.39 is 0 Å². The molecule has 2 aromatic heterocycles. The van der Waals surface area contributed by atoms with Crippen molar-refractivity contribution in [3.8, 4) is 0 Å². The lowest BCUT2D eigenvalue weighted by Gasteiger charge is -2.01. The van der Waals surface area contributed by atoms with Gasteiger partial charge in [-0.1, -0.05) is 23.4 Å². The van der Waals surface area contributed by atoms with Crippen LogP contribution in [0.4, 0.5) is 5.13 Å². The van der Waals surface area contributed by atoms with Crippen LogP contribution in [-0.4, -0.2) is 27.0 Å². The molecule has 8 heteroatoms. The van der Waals surface area contributed by atoms with E-state index in [1.165, 1.54) is 23.1 Å². The quantitative estimate of drug-likeness (QED) is 0.883. The van der Waals surface area contributed by atoms with Gasteiger partial charge in [-0.05, 0) is 20.3 Å². The highest BCUT2D eigenvalue weighted by molar-refractivity contribution is 7.99. The first kappa shape index (κ1) is 15.0. The van der Waals surface area contributed by atoms with Crippen molar-refractivity contribution in [3.05, 3.63) is 22.0 Å². The molecule has 0 saturated heterocycles. The van der Waals surface area contributed by atoms with E-state index in [1.807, 2.05) is 20.8 Å². The number of nitrogens with one attached hydrogen (secondary N) is 1. The van der Waals surface area contributed by atoms with Crippen LogP contribution in [0.15, 0.2) is 4.52 Å². The lowest BCUT2D eigenvalue weighted by atomic mass is 10.2. The lowest BCUT2D eigenvalue weighted by Crippen LogP contribution is -2.14. The third-order valence-corrected chi connectivity index (χ3v) is 4.62. The largest absolute Gasteiger partial charge is 0.361 e. The van der Waals surface area contributed by atoms with E-state index in [0.717, 1.165) is 28.4 Å². The molecule has 0 unspecified atom stereocenters. The number of hydrogen-bond donors (Lipinski definition) is 1. The van der Waals surface area contributed by atoms with Crippen LogP contribution in [0.3, 0.4) is 0 Å². The predicted molar refractivity (Wildman–Crippen MR) is 80.1 cm³/mol. The highest BCUT2D eigenvalue weighted by atomic mass is 32.2. The van der Waals surface area contributed by atoms with Gasteiger partial charge < -0.3 is 4.52 Å². The van der Waals surface area contributed by atoms with Crippen molar-refractivity contribution in [3.63, 3.8) is 0 Å². The van der Waals surface area contributed by atoms with Crippen LogP contribution in [0.25, 0.3) is 0 Å². The van der Waals surface area contributed by atoms with Crippen molar-refractivity contribution in [2.24, 2.45) is 0 Å². The maximum Gasteiger partial charge on any atom is 0.236 e. The Morgan fingerprint density at radius 1 is 1.40 bits per heavy atom. The molecule has 0 saturated carbocycles. The number of amides is 1. The van der Waals surface area contributed by atoms with Crippen molar-refractivity contribution >= 4 is 34.1 Å². The second-order valence-electron chi connectivity index (χ2n) is 4.20. The first-order valence-corrected chi connectivity index (χ1v) is 8.19. The molecule has 0 aliphatic rings. The first-order chi connectivity index (χ1) is 9.60. The minimum atomic E-state index is -0.0689. The second-order valence-corrected chi connectivity index (χ2v) is 6.25. The molecule has 1 N–H and O–H groups in total. The minimum Gasteiger partial charge on any atom is -0.361 e. The molecule has 0 aliphatic heterocycles. The van der Waals surface area contributed by atoms with Crippen LogP contribution >= 0.6 is 23.1 Å². The van der Waals surface area contributed by atoms with Crippen LogP contribution in [0.1, 0.15) is 28.9 Å². The molecule has 0 fully saturated rings. The van der Waals surface area contributed by atoms with E-state index in [0.29, 0.717) is 16.6 Å². The van der Waals surface area contributed by atoms with Crippen molar-refractivity contribution in [2.75, 3.05) is 11.1 Å². The SMILES string of the molecule is CCc1nnc(NC(=O)CSCc2c(C)noc2C)s1. The van der Waals surface area contributed by atoms with Gasteiger partial charge >= 0.3 is 0 Å². The average Bonchev–Trinajstić information content (AvgIpc) is 2.99. The zero-order valence-electron chi connectivity index (χ0n) is 11.6. The maximum atomic E-state index is 11.8. The second kappa shape index (κ2) is 6.85. The van der Waals surface area contributed by atoms with Crippen LogP contribution in [0.5, 0.6) is 0 Å². The van der Waals surface area contributed by atoms with Crippen molar-refractivity contribution < 1.29 is 9.32 Å². The first-order valence-electron chi connectivity index (χ1n) is 6.22. The molecular weight excluding hydrogens is 296 g/mol. The summed E-state index contributed by atoms with van der Waals surface area (Å²) < 4.78 is 5.08. The minimum absolute atomic E-state index is 0.0689. The summed E-state index contributed by atoms with van der Waals surface area (Å²) in [5.41, 5.74) is 1.94. The number of thioether (sulfide) groups is 1. The van der Waals surface area contributed by atoms with E-state index in [9.17, 15) is 4.79 Å². The standard InChI is InChI=1S/C12H16N4O2S2/c1-4-11-14-15-12(20-11)13-10(17)6-19-5-9-7(2)16-18-8(9)3/h4-6H2,1-3H3,(H,13,15,17). The van der Waals surface area contributed by atoms with E-state index >= 15 is 0 Å². The lowest BCUT2D eigenvalue weighted by molar-refractivity contribution is -0.113. The van der Waals surface area contributed by atoms with Crippen molar-refractivity contribution in [1.82, 2.24) is 15.4 Å². The number of hydrogen-bond acceptors (Lipinski definition) is 7. The topological polar surface area (TPSA) is 80.9 Å². The summed E-state index contributed by atoms with van der Waals surface area (Å²) in [5.74, 6) is 1.82. The van der Waals surface area contributed by atoms with Gasteiger partial charge in [0, 0.05) is 11.3 Å². The smallest absolute Gasteiger partial charge is 0.236 e. The molecule has 1 amide bonds. The van der Waals surface area contributed by atoms with Crippen LogP contribution in [0.2, 0.25) is 0 Å². The molecule has 0 atom stereocenters. The van der Waals surface area contributed by atoms with Gasteiger partial charge in [-0.25, -0.2) is 0 Å². The number of anilines is 1. The van der Waals surface area contributed by atoms with Gasteiger partial charge in [-0.2, -0.15) is 0 Å². The molecule has 108 valence electrons. The zero-order chi connectivity index (χ0) is 14.5. The van der Waals surface area contributed by atoms with Crippen molar-refractivity contribution in [1.29, 1.82) is 0 Å². The van der Waals surface area contributed by atoms with Gasteiger partial charge in [-0.3, -0.25) is 10.1 Å². The van der Waals surface area contributed by atoms with E-state index in [4.69, 9.17) is 4.52 Å². The monoisotopic (exact) mass is 312 g/mol. The highest BCUT2D eigenvalue weighted by Crippen LogP contribution is 2.20. The van der Waals surface area contributed by atoms with Gasteiger partial charge in [0.05, 0.1) is 11.4 Å². The summed E-state index contributed by atoms with van der Waals surface area (Å²) in [6, 6.07) is 0. The predicted octanol–water partition coefficient (Wildman–Crippen LogP) is 2.58. The molecule has 6 nitrogen and oxygen atoms in total. The Balaban J connectivity index is 1.78. The fraction of sp³-hybridized carbons (Fsp3) is 0.500. The molecule has 2 aromatic rings. The molecular formula is C12H16N4O2S2. The Hall–Kier alpha value is -1.41. The van der Waals surface area contributed by atoms with E-state index in [1.54, 1.807) is 0 Å². The van der Waals surface area contributed by atoms with E-state index in [-0.39, 0.29) is 5.91 Å². The fourth-order valence-corrected chi connectivity index (χ4v) is 3.23. The normalized spacial score (nSPS) is 10.8. The molecule has 0 aromatic carbocycles. The number of aromatic nitrogens is 3. The fourth-order valence-electron chi connectivity index (χ4n) is 1.56. The Morgan fingerprint density at radius 2 is 2.20 bits per heavy atom. The number of nitrogens with zero attached hydrogens (tertiary/aromatic N) is 3. The van der Waals surface area contributed by atoms with Gasteiger partial charge in [0.2, 0.25) is 11.0 Å². The molecule has 0 bridgehead atoms. The summed E-state index contributed by atoms with van der Waals surface area (Å²) in [7, 11) is 0. The summed E-state index contributed by atoms with van der Waals surface area (Å²) in [4.78, 5) is 11.8. The van der Waals surface area contributed by atoms with Gasteiger partial charge in [-0.15, -0.1) is 22.0 Å². The average molecular weight is 312 g/mol. The molecule has 20 heavy (non-hydrogen) atoms. The maximum absolute atomic E-state index is 11.8. The van der Waals surface area contributed by atoms with E-state index in [2.05, 4.69) is 20.7 Å². The Labute approximate surface area is 125 Å². The number of rotatable bonds is 6. The van der Waals surface area contributed by atoms with Crippen LogP contribution in [0, 0.1) is 13.8 Å². The Morgan fingerprint density at radius 3 is 2.80 bits per heavy atom. The zero-order valence-corrected chi connectivity index (χ0v) is 13.2. The van der Waals surface area contributed by atoms with Gasteiger partial charge in [0.15, 0.2) is 0 Å². The van der Waals surface area contributed by atoms with Crippen LogP contribution in [-0.2, 0) is 17.0 Å². The third kappa shape index (κ3) is 3.80. The molecule has 0 radical (unpaired) electrons. The van der Waals surface area contributed by atoms with Gasteiger partial charge in [0.1, 0.15) is 10.8 Å². The molecule has 0 aliphatic carbocycles. The number of aryl methyl sites for hydroxylation is 3. The molecule has 2 rings (SSSR count). The third-order valence-electron chi connectivity index (χ3n) is 2.68. The van der Waals surface area contributed by atoms with Crippen LogP contribution < -0.4 is 5.32 Å². The van der Waals surface area contributed by atoms with Crippen molar-refractivity contribution in [2.45, 2.75) is 32.9 Å². The summed E-state index contributed by atoms with van der Waals surface area (Å²) in [6.45, 7) is 5.79. The number of carbonyl (C=O) groups is 1. The Bertz CT molecular complexity index is 575.